The summed E-state index contributed by atoms with van der Waals surface area (Å²) in [5.41, 5.74) is 1.54. The number of carbonyl (C=O) groups excluding carboxylic acids is 1. The molecule has 0 bridgehead atoms. The predicted octanol–water partition coefficient (Wildman–Crippen LogP) is 3.25. The van der Waals surface area contributed by atoms with Gasteiger partial charge in [-0.2, -0.15) is 0 Å². The summed E-state index contributed by atoms with van der Waals surface area (Å²) < 4.78 is 0. The van der Waals surface area contributed by atoms with Crippen molar-refractivity contribution in [1.82, 2.24) is 5.32 Å². The zero-order chi connectivity index (χ0) is 12.1. The molecule has 2 nitrogen and oxygen atoms in total. The molecule has 4 heteroatoms. The maximum Gasteiger partial charge on any atom is 0.251 e. The summed E-state index contributed by atoms with van der Waals surface area (Å²) in [6.45, 7) is 4.45. The van der Waals surface area contributed by atoms with E-state index in [1.165, 1.54) is 0 Å². The topological polar surface area (TPSA) is 29.1 Å². The quantitative estimate of drug-likeness (QED) is 0.827. The number of aryl methyl sites for hydroxylation is 1. The van der Waals surface area contributed by atoms with Crippen LogP contribution >= 0.6 is 23.2 Å². The van der Waals surface area contributed by atoms with Gasteiger partial charge in [-0.05, 0) is 30.5 Å². The van der Waals surface area contributed by atoms with Gasteiger partial charge in [0.1, 0.15) is 0 Å². The molecular formula is C12H15Cl2NO. The summed E-state index contributed by atoms with van der Waals surface area (Å²) >= 11 is 11.5. The molecule has 1 aromatic carbocycles. The number of alkyl halides is 1. The standard InChI is InChI=1S/C12H15Cl2NO/c1-8(6-13)7-15-12(16)11-5-10(14)4-3-9(11)2/h3-5,8H,6-7H2,1-2H3,(H,15,16). The Bertz CT molecular complexity index is 379. The first-order valence-corrected chi connectivity index (χ1v) is 6.06. The van der Waals surface area contributed by atoms with Crippen molar-refractivity contribution in [2.24, 2.45) is 5.92 Å². The van der Waals surface area contributed by atoms with E-state index in [2.05, 4.69) is 5.32 Å². The zero-order valence-electron chi connectivity index (χ0n) is 9.39. The molecule has 0 heterocycles. The lowest BCUT2D eigenvalue weighted by Crippen LogP contribution is -2.29. The number of carbonyl (C=O) groups is 1. The van der Waals surface area contributed by atoms with Gasteiger partial charge < -0.3 is 5.32 Å². The van der Waals surface area contributed by atoms with Crippen molar-refractivity contribution in [2.45, 2.75) is 13.8 Å². The van der Waals surface area contributed by atoms with Crippen LogP contribution in [0.1, 0.15) is 22.8 Å². The predicted molar refractivity (Wildman–Crippen MR) is 68.4 cm³/mol. The Balaban J connectivity index is 2.69. The average Bonchev–Trinajstić information content (AvgIpc) is 2.28. The lowest BCUT2D eigenvalue weighted by Gasteiger charge is -2.11. The number of amides is 1. The number of halogens is 2. The van der Waals surface area contributed by atoms with Crippen molar-refractivity contribution in [3.05, 3.63) is 34.3 Å². The number of rotatable bonds is 4. The average molecular weight is 260 g/mol. The highest BCUT2D eigenvalue weighted by Gasteiger charge is 2.10. The van der Waals surface area contributed by atoms with Crippen molar-refractivity contribution in [3.63, 3.8) is 0 Å². The van der Waals surface area contributed by atoms with E-state index < -0.39 is 0 Å². The van der Waals surface area contributed by atoms with Gasteiger partial charge in [0.15, 0.2) is 0 Å². The third-order valence-electron chi connectivity index (χ3n) is 2.32. The molecule has 1 amide bonds. The van der Waals surface area contributed by atoms with Crippen LogP contribution in [-0.2, 0) is 0 Å². The molecule has 0 saturated heterocycles. The Morgan fingerprint density at radius 2 is 2.19 bits per heavy atom. The Morgan fingerprint density at radius 3 is 2.81 bits per heavy atom. The maximum atomic E-state index is 11.8. The van der Waals surface area contributed by atoms with Crippen LogP contribution < -0.4 is 5.32 Å². The molecule has 0 saturated carbocycles. The van der Waals surface area contributed by atoms with Gasteiger partial charge in [-0.25, -0.2) is 0 Å². The van der Waals surface area contributed by atoms with Crippen molar-refractivity contribution >= 4 is 29.1 Å². The van der Waals surface area contributed by atoms with Gasteiger partial charge in [0.05, 0.1) is 0 Å². The molecule has 0 aliphatic carbocycles. The molecule has 0 radical (unpaired) electrons. The second-order valence-corrected chi connectivity index (χ2v) is 4.67. The third-order valence-corrected chi connectivity index (χ3v) is 3.08. The molecule has 1 rings (SSSR count). The van der Waals surface area contributed by atoms with Crippen molar-refractivity contribution in [3.8, 4) is 0 Å². The lowest BCUT2D eigenvalue weighted by atomic mass is 10.1. The van der Waals surface area contributed by atoms with Crippen molar-refractivity contribution in [1.29, 1.82) is 0 Å². The SMILES string of the molecule is Cc1ccc(Cl)cc1C(=O)NCC(C)CCl. The smallest absolute Gasteiger partial charge is 0.251 e. The van der Waals surface area contributed by atoms with Crippen LogP contribution in [0.5, 0.6) is 0 Å². The van der Waals surface area contributed by atoms with Gasteiger partial charge in [0.2, 0.25) is 0 Å². The van der Waals surface area contributed by atoms with Gasteiger partial charge in [-0.1, -0.05) is 24.6 Å². The van der Waals surface area contributed by atoms with Crippen LogP contribution in [0, 0.1) is 12.8 Å². The highest BCUT2D eigenvalue weighted by Crippen LogP contribution is 2.15. The van der Waals surface area contributed by atoms with Crippen LogP contribution in [-0.4, -0.2) is 18.3 Å². The summed E-state index contributed by atoms with van der Waals surface area (Å²) in [6, 6.07) is 5.29. The first-order chi connectivity index (χ1) is 7.54. The monoisotopic (exact) mass is 259 g/mol. The number of benzene rings is 1. The molecule has 0 aliphatic heterocycles. The fraction of sp³-hybridized carbons (Fsp3) is 0.417. The number of nitrogens with one attached hydrogen (secondary N) is 1. The Labute approximate surface area is 106 Å². The van der Waals surface area contributed by atoms with E-state index in [-0.39, 0.29) is 11.8 Å². The first kappa shape index (κ1) is 13.3. The minimum absolute atomic E-state index is 0.100. The van der Waals surface area contributed by atoms with Gasteiger partial charge >= 0.3 is 0 Å². The summed E-state index contributed by atoms with van der Waals surface area (Å²) in [6.07, 6.45) is 0. The zero-order valence-corrected chi connectivity index (χ0v) is 10.9. The molecule has 88 valence electrons. The van der Waals surface area contributed by atoms with Crippen LogP contribution in [0.25, 0.3) is 0 Å². The maximum absolute atomic E-state index is 11.8. The fourth-order valence-corrected chi connectivity index (χ4v) is 1.54. The number of hydrogen-bond donors (Lipinski definition) is 1. The highest BCUT2D eigenvalue weighted by molar-refractivity contribution is 6.31. The lowest BCUT2D eigenvalue weighted by molar-refractivity contribution is 0.0948. The number of hydrogen-bond acceptors (Lipinski definition) is 1. The summed E-state index contributed by atoms with van der Waals surface area (Å²) in [5, 5.41) is 3.41. The minimum Gasteiger partial charge on any atom is -0.352 e. The van der Waals surface area contributed by atoms with Gasteiger partial charge in [0, 0.05) is 23.0 Å². The summed E-state index contributed by atoms with van der Waals surface area (Å²) in [7, 11) is 0. The molecule has 1 N–H and O–H groups in total. The van der Waals surface area contributed by atoms with E-state index in [0.717, 1.165) is 5.56 Å². The second-order valence-electron chi connectivity index (χ2n) is 3.93. The molecule has 1 aromatic rings. The van der Waals surface area contributed by atoms with Crippen LogP contribution in [0.15, 0.2) is 18.2 Å². The van der Waals surface area contributed by atoms with E-state index in [1.54, 1.807) is 12.1 Å². The molecule has 16 heavy (non-hydrogen) atoms. The largest absolute Gasteiger partial charge is 0.352 e. The highest BCUT2D eigenvalue weighted by atomic mass is 35.5. The van der Waals surface area contributed by atoms with Gasteiger partial charge in [-0.3, -0.25) is 4.79 Å². The fourth-order valence-electron chi connectivity index (χ4n) is 1.26. The molecular weight excluding hydrogens is 245 g/mol. The summed E-state index contributed by atoms with van der Waals surface area (Å²) in [5.74, 6) is 0.705. The third kappa shape index (κ3) is 3.69. The van der Waals surface area contributed by atoms with E-state index in [9.17, 15) is 4.79 Å². The van der Waals surface area contributed by atoms with Gasteiger partial charge in [-0.15, -0.1) is 11.6 Å². The van der Waals surface area contributed by atoms with Gasteiger partial charge in [0.25, 0.3) is 5.91 Å². The molecule has 1 atom stereocenters. The molecule has 0 aromatic heterocycles. The van der Waals surface area contributed by atoms with Crippen LogP contribution in [0.3, 0.4) is 0 Å². The molecule has 0 aliphatic rings. The molecule has 1 unspecified atom stereocenters. The normalized spacial score (nSPS) is 12.2. The summed E-state index contributed by atoms with van der Waals surface area (Å²) in [4.78, 5) is 11.8. The van der Waals surface area contributed by atoms with E-state index >= 15 is 0 Å². The Hall–Kier alpha value is -0.730. The molecule has 0 spiro atoms. The van der Waals surface area contributed by atoms with Crippen molar-refractivity contribution < 1.29 is 4.79 Å². The minimum atomic E-state index is -0.100. The van der Waals surface area contributed by atoms with Crippen LogP contribution in [0.2, 0.25) is 5.02 Å². The van der Waals surface area contributed by atoms with E-state index in [4.69, 9.17) is 23.2 Å². The van der Waals surface area contributed by atoms with Crippen molar-refractivity contribution in [2.75, 3.05) is 12.4 Å². The molecule has 0 fully saturated rings. The van der Waals surface area contributed by atoms with Crippen LogP contribution in [0.4, 0.5) is 0 Å². The van der Waals surface area contributed by atoms with E-state index in [1.807, 2.05) is 19.9 Å². The Morgan fingerprint density at radius 1 is 1.50 bits per heavy atom. The van der Waals surface area contributed by atoms with E-state index in [0.29, 0.717) is 23.0 Å². The Kier molecular flexibility index (Phi) is 5.10. The first-order valence-electron chi connectivity index (χ1n) is 5.15. The second kappa shape index (κ2) is 6.12.